The van der Waals surface area contributed by atoms with E-state index in [1.54, 1.807) is 48.5 Å². The van der Waals surface area contributed by atoms with E-state index in [2.05, 4.69) is 27.7 Å². The van der Waals surface area contributed by atoms with Crippen LogP contribution < -0.4 is 0 Å². The number of fused-ring (bicyclic) bond motifs is 8. The molecule has 0 amide bonds. The van der Waals surface area contributed by atoms with E-state index < -0.39 is 0 Å². The Balaban J connectivity index is 1.74. The number of Topliss-reactive ketones (excluding diaryl/α,β-unsaturated/α-hetero) is 4. The monoisotopic (exact) mass is 873 g/mol. The quantitative estimate of drug-likeness (QED) is 0.0354. The molecule has 0 aromatic heterocycles. The molecule has 64 heavy (non-hydrogen) atoms. The van der Waals surface area contributed by atoms with Crippen LogP contribution in [0.1, 0.15) is 242 Å². The zero-order chi connectivity index (χ0) is 46.2. The molecule has 1 aliphatic carbocycles. The maximum absolute atomic E-state index is 13.9. The highest BCUT2D eigenvalue weighted by molar-refractivity contribution is 5.99. The Morgan fingerprint density at radius 1 is 0.312 bits per heavy atom. The molecule has 8 heteroatoms. The lowest BCUT2D eigenvalue weighted by Gasteiger charge is -2.20. The van der Waals surface area contributed by atoms with Gasteiger partial charge < -0.3 is 20.4 Å². The van der Waals surface area contributed by atoms with E-state index in [9.17, 15) is 39.6 Å². The molecule has 0 fully saturated rings. The van der Waals surface area contributed by atoms with Crippen molar-refractivity contribution in [1.82, 2.24) is 0 Å². The maximum atomic E-state index is 13.9. The molecule has 344 valence electrons. The maximum Gasteiger partial charge on any atom is 0.162 e. The van der Waals surface area contributed by atoms with E-state index in [-0.39, 0.29) is 71.8 Å². The van der Waals surface area contributed by atoms with E-state index in [0.717, 1.165) is 103 Å². The Kier molecular flexibility index (Phi) is 19.2. The van der Waals surface area contributed by atoms with Crippen molar-refractivity contribution in [3.63, 3.8) is 0 Å². The smallest absolute Gasteiger partial charge is 0.162 e. The molecule has 4 N–H and O–H groups in total. The van der Waals surface area contributed by atoms with Gasteiger partial charge in [-0.1, -0.05) is 105 Å². The molecular formula is C56H72O8. The fourth-order valence-electron chi connectivity index (χ4n) is 9.01. The molecule has 0 unspecified atom stereocenters. The SMILES string of the molecule is CCCCCCC(=O)c1cc2c(O)c(c1)Cc1cc(C(=O)CCCCCC)cc(c1O)Cc1cc(C(=O)CCCCCC)cc(c1O)Cc1cc(C(=O)CCCCCC)cc(c1O)C2. The van der Waals surface area contributed by atoms with Gasteiger partial charge in [-0.3, -0.25) is 19.2 Å². The molecule has 0 spiro atoms. The summed E-state index contributed by atoms with van der Waals surface area (Å²) in [5, 5.41) is 48.3. The van der Waals surface area contributed by atoms with Gasteiger partial charge in [-0.15, -0.1) is 0 Å². The van der Waals surface area contributed by atoms with Crippen LogP contribution >= 0.6 is 0 Å². The number of ketones is 4. The minimum Gasteiger partial charge on any atom is -0.507 e. The number of carbonyl (C=O) groups excluding carboxylic acids is 4. The van der Waals surface area contributed by atoms with Gasteiger partial charge in [-0.05, 0) is 119 Å². The lowest BCUT2D eigenvalue weighted by atomic mass is 9.86. The highest BCUT2D eigenvalue weighted by Gasteiger charge is 2.25. The average molecular weight is 873 g/mol. The first-order chi connectivity index (χ1) is 30.9. The van der Waals surface area contributed by atoms with Crippen LogP contribution in [0.3, 0.4) is 0 Å². The van der Waals surface area contributed by atoms with Crippen molar-refractivity contribution in [2.24, 2.45) is 0 Å². The van der Waals surface area contributed by atoms with Gasteiger partial charge in [-0.2, -0.15) is 0 Å². The van der Waals surface area contributed by atoms with E-state index in [4.69, 9.17) is 0 Å². The molecule has 4 aromatic rings. The predicted octanol–water partition coefficient (Wildman–Crippen LogP) is 13.8. The Morgan fingerprint density at radius 3 is 0.641 bits per heavy atom. The van der Waals surface area contributed by atoms with Crippen LogP contribution in [0.5, 0.6) is 23.0 Å². The number of benzene rings is 4. The summed E-state index contributed by atoms with van der Waals surface area (Å²) < 4.78 is 0. The van der Waals surface area contributed by atoms with Gasteiger partial charge in [0.2, 0.25) is 0 Å². The van der Waals surface area contributed by atoms with Gasteiger partial charge in [-0.25, -0.2) is 0 Å². The molecule has 0 heterocycles. The third kappa shape index (κ3) is 13.4. The van der Waals surface area contributed by atoms with Crippen molar-refractivity contribution >= 4 is 23.1 Å². The molecule has 8 bridgehead atoms. The van der Waals surface area contributed by atoms with Gasteiger partial charge in [0, 0.05) is 73.6 Å². The Hall–Kier alpha value is -5.24. The number of carbonyl (C=O) groups is 4. The third-order valence-electron chi connectivity index (χ3n) is 12.9. The number of unbranched alkanes of at least 4 members (excludes halogenated alkanes) is 12. The number of aromatic hydroxyl groups is 4. The van der Waals surface area contributed by atoms with E-state index in [0.29, 0.717) is 92.4 Å². The number of rotatable bonds is 24. The first-order valence-electron chi connectivity index (χ1n) is 24.4. The van der Waals surface area contributed by atoms with Crippen LogP contribution in [0.2, 0.25) is 0 Å². The first kappa shape index (κ1) is 49.8. The van der Waals surface area contributed by atoms with Crippen LogP contribution in [0, 0.1) is 0 Å². The minimum absolute atomic E-state index is 0.0212. The molecule has 0 aliphatic heterocycles. The summed E-state index contributed by atoms with van der Waals surface area (Å²) in [6.07, 6.45) is 15.9. The second kappa shape index (κ2) is 24.7. The van der Waals surface area contributed by atoms with Crippen LogP contribution in [0.25, 0.3) is 0 Å². The highest BCUT2D eigenvalue weighted by atomic mass is 16.3. The lowest BCUT2D eigenvalue weighted by Crippen LogP contribution is -2.09. The van der Waals surface area contributed by atoms with Gasteiger partial charge in [0.25, 0.3) is 0 Å². The summed E-state index contributed by atoms with van der Waals surface area (Å²) in [4.78, 5) is 55.4. The number of hydrogen-bond donors (Lipinski definition) is 4. The molecule has 8 nitrogen and oxygen atoms in total. The molecule has 0 saturated heterocycles. The summed E-state index contributed by atoms with van der Waals surface area (Å²) >= 11 is 0. The fraction of sp³-hybridized carbons (Fsp3) is 0.500. The van der Waals surface area contributed by atoms with Crippen molar-refractivity contribution in [3.8, 4) is 23.0 Å². The van der Waals surface area contributed by atoms with Crippen molar-refractivity contribution in [2.45, 2.75) is 182 Å². The van der Waals surface area contributed by atoms with Gasteiger partial charge in [0.1, 0.15) is 23.0 Å². The summed E-state index contributed by atoms with van der Waals surface area (Å²) in [5.74, 6) is -0.746. The Labute approximate surface area is 381 Å². The molecular weight excluding hydrogens is 801 g/mol. The van der Waals surface area contributed by atoms with Crippen LogP contribution in [-0.2, 0) is 25.7 Å². The zero-order valence-electron chi connectivity index (χ0n) is 39.0. The largest absolute Gasteiger partial charge is 0.507 e. The number of hydrogen-bond acceptors (Lipinski definition) is 8. The third-order valence-corrected chi connectivity index (χ3v) is 12.9. The van der Waals surface area contributed by atoms with Crippen molar-refractivity contribution in [1.29, 1.82) is 0 Å². The van der Waals surface area contributed by atoms with Crippen molar-refractivity contribution < 1.29 is 39.6 Å². The van der Waals surface area contributed by atoms with E-state index in [1.165, 1.54) is 0 Å². The molecule has 4 aromatic carbocycles. The first-order valence-corrected chi connectivity index (χ1v) is 24.4. The summed E-state index contributed by atoms with van der Waals surface area (Å²) in [6, 6.07) is 13.3. The molecule has 0 atom stereocenters. The number of phenols is 4. The second-order valence-electron chi connectivity index (χ2n) is 18.2. The second-order valence-corrected chi connectivity index (χ2v) is 18.2. The van der Waals surface area contributed by atoms with Crippen LogP contribution in [0.4, 0.5) is 0 Å². The van der Waals surface area contributed by atoms with Crippen molar-refractivity contribution in [2.75, 3.05) is 0 Å². The van der Waals surface area contributed by atoms with Crippen LogP contribution in [-0.4, -0.2) is 43.6 Å². The average Bonchev–Trinajstić information content (AvgIpc) is 3.28. The fourth-order valence-corrected chi connectivity index (χ4v) is 9.01. The van der Waals surface area contributed by atoms with Gasteiger partial charge in [0.05, 0.1) is 0 Å². The van der Waals surface area contributed by atoms with E-state index in [1.807, 2.05) is 0 Å². The Bertz CT molecular complexity index is 1850. The Morgan fingerprint density at radius 2 is 0.484 bits per heavy atom. The normalized spacial score (nSPS) is 12.3. The summed E-state index contributed by atoms with van der Waals surface area (Å²) in [6.45, 7) is 8.46. The molecule has 0 radical (unpaired) electrons. The standard InChI is InChI=1S/C56H72O8/c1-5-9-13-17-21-49(57)37-25-41-33-43-27-38(50(58)22-18-14-10-6-2)29-45(54(43)62)35-47-31-40(52(60)24-20-16-12-8-4)32-48(56(47)64)36-46-30-39(51(59)23-19-15-11-7-3)28-44(55(46)63)34-42(26-37)53(41)61/h25-32,61-64H,5-24,33-36H2,1-4H3. The van der Waals surface area contributed by atoms with Gasteiger partial charge >= 0.3 is 0 Å². The van der Waals surface area contributed by atoms with Gasteiger partial charge in [0.15, 0.2) is 23.1 Å². The van der Waals surface area contributed by atoms with Crippen LogP contribution in [0.15, 0.2) is 48.5 Å². The zero-order valence-corrected chi connectivity index (χ0v) is 39.0. The summed E-state index contributed by atoms with van der Waals surface area (Å²) in [5.41, 5.74) is 4.60. The minimum atomic E-state index is -0.103. The highest BCUT2D eigenvalue weighted by Crippen LogP contribution is 2.40. The lowest BCUT2D eigenvalue weighted by molar-refractivity contribution is 0.0971. The predicted molar refractivity (Wildman–Crippen MR) is 256 cm³/mol. The number of phenolic OH excluding ortho intramolecular Hbond substituents is 4. The molecule has 1 aliphatic rings. The summed E-state index contributed by atoms with van der Waals surface area (Å²) in [7, 11) is 0. The van der Waals surface area contributed by atoms with Crippen molar-refractivity contribution in [3.05, 3.63) is 115 Å². The molecule has 0 saturated carbocycles. The molecule has 5 rings (SSSR count). The topological polar surface area (TPSA) is 149 Å². The van der Waals surface area contributed by atoms with E-state index >= 15 is 0 Å².